The molecule has 5 heteroatoms. The number of unbranched alkanes of at least 4 members (excludes halogenated alkanes) is 1. The molecule has 0 aromatic rings. The molecule has 4 N–H and O–H groups in total. The molecule has 5 nitrogen and oxygen atoms in total. The lowest BCUT2D eigenvalue weighted by Gasteiger charge is -2.32. The van der Waals surface area contributed by atoms with Gasteiger partial charge in [-0.15, -0.1) is 0 Å². The minimum atomic E-state index is -0.162. The highest BCUT2D eigenvalue weighted by Crippen LogP contribution is 2.23. The highest BCUT2D eigenvalue weighted by Gasteiger charge is 2.22. The van der Waals surface area contributed by atoms with Crippen molar-refractivity contribution in [1.29, 1.82) is 5.41 Å². The second kappa shape index (κ2) is 8.60. The molecule has 20 heavy (non-hydrogen) atoms. The number of amidine groups is 1. The Hall–Kier alpha value is -0.650. The zero-order valence-corrected chi connectivity index (χ0v) is 13.0. The molecule has 0 bridgehead atoms. The maximum Gasteiger partial charge on any atom is 0.0963 e. The Labute approximate surface area is 123 Å². The monoisotopic (exact) mass is 285 g/mol. The van der Waals surface area contributed by atoms with Crippen LogP contribution in [-0.4, -0.2) is 54.8 Å². The van der Waals surface area contributed by atoms with Crippen molar-refractivity contribution in [3.05, 3.63) is 0 Å². The van der Waals surface area contributed by atoms with E-state index in [-0.39, 0.29) is 12.0 Å². The molecule has 1 aliphatic heterocycles. The Morgan fingerprint density at radius 2 is 2.00 bits per heavy atom. The van der Waals surface area contributed by atoms with Crippen LogP contribution in [0.5, 0.6) is 0 Å². The van der Waals surface area contributed by atoms with Crippen LogP contribution >= 0.6 is 0 Å². The lowest BCUT2D eigenvalue weighted by molar-refractivity contribution is -0.00792. The lowest BCUT2D eigenvalue weighted by Crippen LogP contribution is -2.38. The number of nitrogens with zero attached hydrogens (tertiary/aromatic N) is 1. The SMILES string of the molecule is CC(C)(CCCCN1CCC(OCCO)CC1)C(=N)N. The fraction of sp³-hybridized carbons (Fsp3) is 0.933. The van der Waals surface area contributed by atoms with E-state index in [2.05, 4.69) is 4.90 Å². The number of piperidine rings is 1. The van der Waals surface area contributed by atoms with E-state index in [0.29, 0.717) is 18.5 Å². The standard InChI is InChI=1S/C15H31N3O2/c1-15(2,14(16)17)7-3-4-8-18-9-5-13(6-10-18)20-12-11-19/h13,19H,3-12H2,1-2H3,(H3,16,17). The van der Waals surface area contributed by atoms with E-state index in [1.54, 1.807) is 0 Å². The van der Waals surface area contributed by atoms with E-state index in [0.717, 1.165) is 45.3 Å². The van der Waals surface area contributed by atoms with Gasteiger partial charge in [-0.05, 0) is 32.2 Å². The second-order valence-electron chi connectivity index (χ2n) is 6.39. The third-order valence-corrected chi connectivity index (χ3v) is 4.23. The Bertz CT molecular complexity index is 287. The normalized spacial score (nSPS) is 18.4. The number of nitrogens with two attached hydrogens (primary N) is 1. The fourth-order valence-electron chi connectivity index (χ4n) is 2.56. The third kappa shape index (κ3) is 6.20. The molecule has 1 saturated heterocycles. The van der Waals surface area contributed by atoms with Crippen LogP contribution in [0.4, 0.5) is 0 Å². The molecule has 0 radical (unpaired) electrons. The summed E-state index contributed by atoms with van der Waals surface area (Å²) in [5.41, 5.74) is 5.43. The summed E-state index contributed by atoms with van der Waals surface area (Å²) in [5, 5.41) is 16.3. The fourth-order valence-corrected chi connectivity index (χ4v) is 2.56. The highest BCUT2D eigenvalue weighted by molar-refractivity contribution is 5.82. The van der Waals surface area contributed by atoms with Crippen LogP contribution in [0.3, 0.4) is 0 Å². The Morgan fingerprint density at radius 3 is 2.55 bits per heavy atom. The minimum absolute atomic E-state index is 0.117. The number of hydrogen-bond acceptors (Lipinski definition) is 4. The molecule has 0 unspecified atom stereocenters. The molecule has 1 aliphatic rings. The number of aliphatic hydroxyl groups excluding tert-OH is 1. The second-order valence-corrected chi connectivity index (χ2v) is 6.39. The number of aliphatic hydroxyl groups is 1. The van der Waals surface area contributed by atoms with Gasteiger partial charge in [-0.2, -0.15) is 0 Å². The summed E-state index contributed by atoms with van der Waals surface area (Å²) in [4.78, 5) is 2.49. The average molecular weight is 285 g/mol. The summed E-state index contributed by atoms with van der Waals surface area (Å²) in [7, 11) is 0. The van der Waals surface area contributed by atoms with Crippen LogP contribution in [0.1, 0.15) is 46.0 Å². The first kappa shape index (κ1) is 17.4. The topological polar surface area (TPSA) is 82.6 Å². The molecule has 0 saturated carbocycles. The molecule has 0 atom stereocenters. The van der Waals surface area contributed by atoms with E-state index in [1.165, 1.54) is 6.42 Å². The van der Waals surface area contributed by atoms with Gasteiger partial charge in [-0.1, -0.05) is 20.3 Å². The first-order valence-electron chi connectivity index (χ1n) is 7.75. The number of likely N-dealkylation sites (tertiary alicyclic amines) is 1. The number of rotatable bonds is 9. The molecule has 0 amide bonds. The molecule has 118 valence electrons. The van der Waals surface area contributed by atoms with E-state index < -0.39 is 0 Å². The summed E-state index contributed by atoms with van der Waals surface area (Å²) in [5.74, 6) is 0.291. The van der Waals surface area contributed by atoms with Crippen molar-refractivity contribution in [3.63, 3.8) is 0 Å². The van der Waals surface area contributed by atoms with Gasteiger partial charge in [0.15, 0.2) is 0 Å². The molecule has 0 aromatic carbocycles. The van der Waals surface area contributed by atoms with E-state index in [9.17, 15) is 0 Å². The molecule has 1 fully saturated rings. The molecule has 0 spiro atoms. The summed E-state index contributed by atoms with van der Waals surface area (Å²) in [6.07, 6.45) is 5.73. The van der Waals surface area contributed by atoms with Crippen molar-refractivity contribution >= 4 is 5.84 Å². The van der Waals surface area contributed by atoms with Crippen molar-refractivity contribution in [2.24, 2.45) is 11.1 Å². The van der Waals surface area contributed by atoms with Gasteiger partial charge in [0.1, 0.15) is 0 Å². The van der Waals surface area contributed by atoms with Crippen LogP contribution < -0.4 is 5.73 Å². The quantitative estimate of drug-likeness (QED) is 0.341. The largest absolute Gasteiger partial charge is 0.394 e. The van der Waals surface area contributed by atoms with Crippen LogP contribution in [0.15, 0.2) is 0 Å². The zero-order valence-electron chi connectivity index (χ0n) is 13.0. The van der Waals surface area contributed by atoms with Crippen molar-refractivity contribution < 1.29 is 9.84 Å². The smallest absolute Gasteiger partial charge is 0.0963 e. The molecule has 0 aromatic heterocycles. The van der Waals surface area contributed by atoms with Gasteiger partial charge in [0.25, 0.3) is 0 Å². The molecule has 1 rings (SSSR count). The van der Waals surface area contributed by atoms with Gasteiger partial charge >= 0.3 is 0 Å². The molecular weight excluding hydrogens is 254 g/mol. The Balaban J connectivity index is 2.08. The predicted molar refractivity (Wildman–Crippen MR) is 82.0 cm³/mol. The first-order valence-corrected chi connectivity index (χ1v) is 7.75. The maximum atomic E-state index is 8.74. The predicted octanol–water partition coefficient (Wildman–Crippen LogP) is 1.59. The van der Waals surface area contributed by atoms with Crippen molar-refractivity contribution in [1.82, 2.24) is 4.90 Å². The summed E-state index contributed by atoms with van der Waals surface area (Å²) < 4.78 is 5.56. The number of hydrogen-bond donors (Lipinski definition) is 3. The van der Waals surface area contributed by atoms with Crippen LogP contribution in [-0.2, 0) is 4.74 Å². The lowest BCUT2D eigenvalue weighted by atomic mass is 9.86. The minimum Gasteiger partial charge on any atom is -0.394 e. The van der Waals surface area contributed by atoms with Gasteiger partial charge in [0.2, 0.25) is 0 Å². The van der Waals surface area contributed by atoms with Crippen LogP contribution in [0, 0.1) is 10.8 Å². The summed E-state index contributed by atoms with van der Waals surface area (Å²) in [6.45, 7) is 7.97. The highest BCUT2D eigenvalue weighted by atomic mass is 16.5. The Morgan fingerprint density at radius 1 is 1.35 bits per heavy atom. The summed E-state index contributed by atoms with van der Waals surface area (Å²) in [6, 6.07) is 0. The van der Waals surface area contributed by atoms with Crippen molar-refractivity contribution in [3.8, 4) is 0 Å². The molecular formula is C15H31N3O2. The van der Waals surface area contributed by atoms with Gasteiger partial charge in [-0.3, -0.25) is 5.41 Å². The van der Waals surface area contributed by atoms with Gasteiger partial charge in [-0.25, -0.2) is 0 Å². The van der Waals surface area contributed by atoms with E-state index in [1.807, 2.05) is 13.8 Å². The Kier molecular flexibility index (Phi) is 7.48. The van der Waals surface area contributed by atoms with Gasteiger partial charge in [0.05, 0.1) is 25.2 Å². The zero-order chi connectivity index (χ0) is 15.0. The van der Waals surface area contributed by atoms with Crippen molar-refractivity contribution in [2.45, 2.75) is 52.1 Å². The van der Waals surface area contributed by atoms with Crippen LogP contribution in [0.2, 0.25) is 0 Å². The summed E-state index contributed by atoms with van der Waals surface area (Å²) >= 11 is 0. The first-order chi connectivity index (χ1) is 9.45. The molecule has 0 aliphatic carbocycles. The van der Waals surface area contributed by atoms with E-state index >= 15 is 0 Å². The maximum absolute atomic E-state index is 8.74. The van der Waals surface area contributed by atoms with Crippen LogP contribution in [0.25, 0.3) is 0 Å². The van der Waals surface area contributed by atoms with Gasteiger partial charge < -0.3 is 20.5 Å². The van der Waals surface area contributed by atoms with Crippen molar-refractivity contribution in [2.75, 3.05) is 32.8 Å². The number of ether oxygens (including phenoxy) is 1. The number of nitrogens with one attached hydrogen (secondary N) is 1. The van der Waals surface area contributed by atoms with Gasteiger partial charge in [0, 0.05) is 18.5 Å². The average Bonchev–Trinajstić information content (AvgIpc) is 2.42. The third-order valence-electron chi connectivity index (χ3n) is 4.23. The van der Waals surface area contributed by atoms with E-state index in [4.69, 9.17) is 21.0 Å². The molecule has 1 heterocycles.